The molecule has 2 rings (SSSR count). The van der Waals surface area contributed by atoms with Crippen molar-refractivity contribution in [2.75, 3.05) is 6.61 Å². The van der Waals surface area contributed by atoms with Crippen molar-refractivity contribution in [3.63, 3.8) is 0 Å². The molecule has 2 nitrogen and oxygen atoms in total. The molecule has 0 amide bonds. The summed E-state index contributed by atoms with van der Waals surface area (Å²) in [4.78, 5) is 10.3. The first kappa shape index (κ1) is 16.0. The number of rotatable bonds is 7. The lowest BCUT2D eigenvalue weighted by Gasteiger charge is -2.37. The Hall–Kier alpha value is -0.370. The highest BCUT2D eigenvalue weighted by atomic mass is 16.5. The van der Waals surface area contributed by atoms with Crippen LogP contribution in [0.1, 0.15) is 77.6 Å². The number of carbonyl (C=O) groups is 1. The maximum Gasteiger partial charge on any atom is 0.122 e. The zero-order valence-electron chi connectivity index (χ0n) is 13.2. The summed E-state index contributed by atoms with van der Waals surface area (Å²) in [5.41, 5.74) is 0. The van der Waals surface area contributed by atoms with Crippen LogP contribution in [0.3, 0.4) is 0 Å². The quantitative estimate of drug-likeness (QED) is 0.496. The van der Waals surface area contributed by atoms with E-state index < -0.39 is 0 Å². The molecule has 0 aromatic rings. The maximum absolute atomic E-state index is 10.3. The number of hydrogen-bond donors (Lipinski definition) is 0. The Morgan fingerprint density at radius 1 is 0.950 bits per heavy atom. The van der Waals surface area contributed by atoms with Gasteiger partial charge in [0.2, 0.25) is 0 Å². The first-order valence-electron chi connectivity index (χ1n) is 8.88. The Bertz CT molecular complexity index is 261. The van der Waals surface area contributed by atoms with E-state index in [0.29, 0.717) is 19.1 Å². The molecular formula is C18H32O2. The molecule has 116 valence electrons. The third-order valence-electron chi connectivity index (χ3n) is 5.56. The zero-order valence-corrected chi connectivity index (χ0v) is 13.2. The van der Waals surface area contributed by atoms with Gasteiger partial charge < -0.3 is 9.53 Å². The summed E-state index contributed by atoms with van der Waals surface area (Å²) in [6.07, 6.45) is 15.8. The van der Waals surface area contributed by atoms with Gasteiger partial charge in [-0.05, 0) is 56.3 Å². The fraction of sp³-hybridized carbons (Fsp3) is 0.944. The summed E-state index contributed by atoms with van der Waals surface area (Å²) in [6.45, 7) is 2.94. The smallest absolute Gasteiger partial charge is 0.122 e. The fourth-order valence-electron chi connectivity index (χ4n) is 4.37. The highest BCUT2D eigenvalue weighted by Crippen LogP contribution is 2.41. The highest BCUT2D eigenvalue weighted by Gasteiger charge is 2.30. The average molecular weight is 280 g/mol. The van der Waals surface area contributed by atoms with Gasteiger partial charge in [0.05, 0.1) is 12.7 Å². The van der Waals surface area contributed by atoms with Crippen LogP contribution in [0.25, 0.3) is 0 Å². The van der Waals surface area contributed by atoms with Gasteiger partial charge >= 0.3 is 0 Å². The van der Waals surface area contributed by atoms with Crippen molar-refractivity contribution < 1.29 is 9.53 Å². The largest absolute Gasteiger partial charge is 0.378 e. The van der Waals surface area contributed by atoms with Gasteiger partial charge in [-0.25, -0.2) is 0 Å². The lowest BCUT2D eigenvalue weighted by atomic mass is 9.70. The molecule has 0 N–H and O–H groups in total. The van der Waals surface area contributed by atoms with Crippen LogP contribution in [-0.4, -0.2) is 19.0 Å². The van der Waals surface area contributed by atoms with E-state index in [1.807, 2.05) is 0 Å². The molecule has 0 aromatic heterocycles. The molecule has 0 atom stereocenters. The van der Waals surface area contributed by atoms with Gasteiger partial charge in [0, 0.05) is 6.42 Å². The normalized spacial score (nSPS) is 34.9. The minimum atomic E-state index is 0.433. The second-order valence-corrected chi connectivity index (χ2v) is 6.93. The van der Waals surface area contributed by atoms with E-state index in [9.17, 15) is 4.79 Å². The molecule has 2 heteroatoms. The van der Waals surface area contributed by atoms with E-state index in [-0.39, 0.29) is 0 Å². The minimum absolute atomic E-state index is 0.433. The van der Waals surface area contributed by atoms with Crippen molar-refractivity contribution in [2.45, 2.75) is 83.7 Å². The van der Waals surface area contributed by atoms with Crippen LogP contribution in [0, 0.1) is 17.8 Å². The standard InChI is InChI=1S/C18H32O2/c1-2-4-15-5-7-16(8-6-15)17-9-11-18(12-10-17)20-14-3-13-19/h13,15-18H,2-12,14H2,1H3. The molecule has 0 spiro atoms. The molecule has 20 heavy (non-hydrogen) atoms. The number of aldehydes is 1. The van der Waals surface area contributed by atoms with Crippen molar-refractivity contribution in [2.24, 2.45) is 17.8 Å². The summed E-state index contributed by atoms with van der Waals surface area (Å²) in [5.74, 6) is 2.99. The SMILES string of the molecule is CCCC1CCC(C2CCC(OCCC=O)CC2)CC1. The third-order valence-corrected chi connectivity index (χ3v) is 5.56. The molecule has 2 saturated carbocycles. The van der Waals surface area contributed by atoms with Crippen molar-refractivity contribution in [1.29, 1.82) is 0 Å². The Morgan fingerprint density at radius 3 is 2.10 bits per heavy atom. The van der Waals surface area contributed by atoms with E-state index in [1.165, 1.54) is 64.2 Å². The van der Waals surface area contributed by atoms with Gasteiger partial charge in [-0.15, -0.1) is 0 Å². The predicted octanol–water partition coefficient (Wildman–Crippen LogP) is 4.76. The second-order valence-electron chi connectivity index (χ2n) is 6.93. The average Bonchev–Trinajstić information content (AvgIpc) is 2.49. The van der Waals surface area contributed by atoms with E-state index in [0.717, 1.165) is 24.0 Å². The summed E-state index contributed by atoms with van der Waals surface area (Å²) in [5, 5.41) is 0. The van der Waals surface area contributed by atoms with E-state index in [4.69, 9.17) is 4.74 Å². The molecular weight excluding hydrogens is 248 g/mol. The molecule has 0 heterocycles. The van der Waals surface area contributed by atoms with Crippen LogP contribution < -0.4 is 0 Å². The molecule has 2 aliphatic carbocycles. The van der Waals surface area contributed by atoms with Gasteiger partial charge in [0.25, 0.3) is 0 Å². The molecule has 0 unspecified atom stereocenters. The Morgan fingerprint density at radius 2 is 1.55 bits per heavy atom. The first-order valence-corrected chi connectivity index (χ1v) is 8.88. The van der Waals surface area contributed by atoms with Crippen molar-refractivity contribution in [3.05, 3.63) is 0 Å². The molecule has 2 aliphatic rings. The van der Waals surface area contributed by atoms with Crippen molar-refractivity contribution in [3.8, 4) is 0 Å². The summed E-state index contributed by atoms with van der Waals surface area (Å²) >= 11 is 0. The summed E-state index contributed by atoms with van der Waals surface area (Å²) < 4.78 is 5.78. The van der Waals surface area contributed by atoms with E-state index in [1.54, 1.807) is 0 Å². The zero-order chi connectivity index (χ0) is 14.2. The Balaban J connectivity index is 1.63. The van der Waals surface area contributed by atoms with Gasteiger partial charge in [0.1, 0.15) is 6.29 Å². The first-order chi connectivity index (χ1) is 9.83. The van der Waals surface area contributed by atoms with Gasteiger partial charge in [-0.3, -0.25) is 0 Å². The van der Waals surface area contributed by atoms with Crippen LogP contribution in [0.4, 0.5) is 0 Å². The van der Waals surface area contributed by atoms with Gasteiger partial charge in [-0.1, -0.05) is 32.6 Å². The van der Waals surface area contributed by atoms with E-state index >= 15 is 0 Å². The van der Waals surface area contributed by atoms with Crippen LogP contribution in [-0.2, 0) is 9.53 Å². The van der Waals surface area contributed by atoms with Crippen LogP contribution in [0.2, 0.25) is 0 Å². The monoisotopic (exact) mass is 280 g/mol. The number of ether oxygens (including phenoxy) is 1. The van der Waals surface area contributed by atoms with Gasteiger partial charge in [-0.2, -0.15) is 0 Å². The number of hydrogen-bond acceptors (Lipinski definition) is 2. The molecule has 2 fully saturated rings. The molecule has 0 aliphatic heterocycles. The second kappa shape index (κ2) is 8.81. The molecule has 0 saturated heterocycles. The predicted molar refractivity (Wildman–Crippen MR) is 82.7 cm³/mol. The van der Waals surface area contributed by atoms with Crippen LogP contribution in [0.15, 0.2) is 0 Å². The van der Waals surface area contributed by atoms with Crippen LogP contribution in [0.5, 0.6) is 0 Å². The molecule has 0 aromatic carbocycles. The fourth-order valence-corrected chi connectivity index (χ4v) is 4.37. The summed E-state index contributed by atoms with van der Waals surface area (Å²) in [7, 11) is 0. The Labute approximate surface area is 124 Å². The molecule has 0 radical (unpaired) electrons. The van der Waals surface area contributed by atoms with Crippen molar-refractivity contribution >= 4 is 6.29 Å². The third kappa shape index (κ3) is 4.87. The lowest BCUT2D eigenvalue weighted by molar-refractivity contribution is -0.109. The van der Waals surface area contributed by atoms with E-state index in [2.05, 4.69) is 6.92 Å². The highest BCUT2D eigenvalue weighted by molar-refractivity contribution is 5.49. The summed E-state index contributed by atoms with van der Waals surface area (Å²) in [6, 6.07) is 0. The van der Waals surface area contributed by atoms with Gasteiger partial charge in [0.15, 0.2) is 0 Å². The lowest BCUT2D eigenvalue weighted by Crippen LogP contribution is -2.28. The maximum atomic E-state index is 10.3. The minimum Gasteiger partial charge on any atom is -0.378 e. The number of carbonyl (C=O) groups excluding carboxylic acids is 1. The van der Waals surface area contributed by atoms with Crippen LogP contribution >= 0.6 is 0 Å². The molecule has 0 bridgehead atoms. The van der Waals surface area contributed by atoms with Crippen molar-refractivity contribution in [1.82, 2.24) is 0 Å². The topological polar surface area (TPSA) is 26.3 Å². The Kier molecular flexibility index (Phi) is 7.06.